The molecule has 7 N–H and O–H groups in total. The first-order valence-corrected chi connectivity index (χ1v) is 29.0. The Bertz CT molecular complexity index is 1500. The standard InChI is InChI=1S/C60H104O14/c1-3-5-7-9-11-13-15-17-19-20-21-22-23-24-25-26-27-28-29-31-33-35-37-39-41-43-52(62)72-49(46-69-44-42-40-38-36-34-32-30-18-16-14-12-10-8-6-4-2)47-70-59-58(68)56(66)54(64)51(74-59)48-71-60-57(67)55(65)53(63)50(45-61)73-60/h5,7,10-13,16-19,21-22,49-51,53-61,63-68H,3-4,6,8-9,14-15,20,23-48H2,1-2H3/b7-5-,12-10-,13-11-,18-16-,19-17-,22-21-. The molecule has 2 saturated heterocycles. The summed E-state index contributed by atoms with van der Waals surface area (Å²) in [5.41, 5.74) is 0. The Balaban J connectivity index is 1.70. The number of hydrogen-bond acceptors (Lipinski definition) is 14. The summed E-state index contributed by atoms with van der Waals surface area (Å²) in [5.74, 6) is -0.384. The molecule has 0 aromatic heterocycles. The number of aliphatic hydroxyl groups excluding tert-OH is 7. The van der Waals surface area contributed by atoms with Crippen LogP contribution in [0.5, 0.6) is 0 Å². The number of unbranched alkanes of at least 4 members (excludes halogenated alkanes) is 20. The fourth-order valence-corrected chi connectivity index (χ4v) is 8.76. The molecule has 0 saturated carbocycles. The summed E-state index contributed by atoms with van der Waals surface area (Å²) >= 11 is 0. The van der Waals surface area contributed by atoms with Crippen LogP contribution < -0.4 is 0 Å². The molecule has 0 radical (unpaired) electrons. The van der Waals surface area contributed by atoms with Crippen LogP contribution in [-0.2, 0) is 33.2 Å². The summed E-state index contributed by atoms with van der Waals surface area (Å²) in [6, 6.07) is 0. The van der Waals surface area contributed by atoms with E-state index in [9.17, 15) is 40.5 Å². The predicted octanol–water partition coefficient (Wildman–Crippen LogP) is 10.2. The van der Waals surface area contributed by atoms with Crippen molar-refractivity contribution in [2.45, 2.75) is 268 Å². The molecule has 2 rings (SSSR count). The van der Waals surface area contributed by atoms with Gasteiger partial charge in [0, 0.05) is 13.0 Å². The highest BCUT2D eigenvalue weighted by Gasteiger charge is 2.47. The number of aliphatic hydroxyl groups is 7. The van der Waals surface area contributed by atoms with Gasteiger partial charge in [-0.25, -0.2) is 0 Å². The molecule has 11 atom stereocenters. The van der Waals surface area contributed by atoms with Gasteiger partial charge in [-0.2, -0.15) is 0 Å². The highest BCUT2D eigenvalue weighted by atomic mass is 16.7. The number of carbonyl (C=O) groups excluding carboxylic acids is 1. The van der Waals surface area contributed by atoms with Crippen molar-refractivity contribution in [3.8, 4) is 0 Å². The lowest BCUT2D eigenvalue weighted by molar-refractivity contribution is -0.332. The van der Waals surface area contributed by atoms with Crippen molar-refractivity contribution in [1.82, 2.24) is 0 Å². The number of ether oxygens (including phenoxy) is 6. The fourth-order valence-electron chi connectivity index (χ4n) is 8.76. The average molecular weight is 1050 g/mol. The van der Waals surface area contributed by atoms with E-state index in [1.807, 2.05) is 0 Å². The third-order valence-corrected chi connectivity index (χ3v) is 13.4. The Hall–Kier alpha value is -2.57. The maximum Gasteiger partial charge on any atom is 0.306 e. The molecule has 0 bridgehead atoms. The lowest BCUT2D eigenvalue weighted by Crippen LogP contribution is -2.61. The molecule has 2 aliphatic heterocycles. The zero-order valence-corrected chi connectivity index (χ0v) is 45.8. The zero-order chi connectivity index (χ0) is 53.7. The summed E-state index contributed by atoms with van der Waals surface area (Å²) in [5, 5.41) is 72.3. The van der Waals surface area contributed by atoms with E-state index in [1.165, 1.54) is 77.0 Å². The lowest BCUT2D eigenvalue weighted by atomic mass is 9.98. The third-order valence-electron chi connectivity index (χ3n) is 13.4. The lowest BCUT2D eigenvalue weighted by Gasteiger charge is -2.42. The van der Waals surface area contributed by atoms with Crippen molar-refractivity contribution in [3.63, 3.8) is 0 Å². The van der Waals surface area contributed by atoms with E-state index in [-0.39, 0.29) is 25.6 Å². The molecule has 74 heavy (non-hydrogen) atoms. The second kappa shape index (κ2) is 46.5. The number of esters is 1. The number of carbonyl (C=O) groups is 1. The number of hydrogen-bond donors (Lipinski definition) is 7. The van der Waals surface area contributed by atoms with Crippen LogP contribution in [0.15, 0.2) is 72.9 Å². The smallest absolute Gasteiger partial charge is 0.306 e. The summed E-state index contributed by atoms with van der Waals surface area (Å²) < 4.78 is 34.4. The van der Waals surface area contributed by atoms with Crippen molar-refractivity contribution < 1.29 is 69.0 Å². The van der Waals surface area contributed by atoms with Gasteiger partial charge in [-0.3, -0.25) is 4.79 Å². The highest BCUT2D eigenvalue weighted by molar-refractivity contribution is 5.69. The van der Waals surface area contributed by atoms with Gasteiger partial charge in [0.05, 0.1) is 26.4 Å². The molecule has 0 spiro atoms. The Morgan fingerprint density at radius 2 is 0.878 bits per heavy atom. The van der Waals surface area contributed by atoms with Crippen LogP contribution in [0.2, 0.25) is 0 Å². The summed E-state index contributed by atoms with van der Waals surface area (Å²) in [7, 11) is 0. The molecule has 14 heteroatoms. The quantitative estimate of drug-likeness (QED) is 0.0172. The SMILES string of the molecule is CC/C=C\C/C=C\C/C=C\C/C=C\CCCCCCCCCCCCCCC(=O)OC(COCCCCCCCC/C=C\C/C=C\CCCC)COC1OC(COC2OC(CO)C(O)C(O)C2O)C(O)C(O)C1O. The van der Waals surface area contributed by atoms with Crippen LogP contribution in [0.25, 0.3) is 0 Å². The first-order chi connectivity index (χ1) is 36.1. The van der Waals surface area contributed by atoms with Crippen LogP contribution in [0, 0.1) is 0 Å². The van der Waals surface area contributed by atoms with Crippen molar-refractivity contribution >= 4 is 5.97 Å². The molecule has 428 valence electrons. The van der Waals surface area contributed by atoms with E-state index in [0.29, 0.717) is 13.0 Å². The molecule has 2 aliphatic rings. The van der Waals surface area contributed by atoms with Crippen LogP contribution >= 0.6 is 0 Å². The van der Waals surface area contributed by atoms with Crippen LogP contribution in [0.1, 0.15) is 200 Å². The average Bonchev–Trinajstić information content (AvgIpc) is 3.40. The van der Waals surface area contributed by atoms with Gasteiger partial charge in [-0.1, -0.05) is 189 Å². The molecular formula is C60H104O14. The maximum absolute atomic E-state index is 13.1. The molecule has 0 aliphatic carbocycles. The van der Waals surface area contributed by atoms with E-state index in [0.717, 1.165) is 96.3 Å². The van der Waals surface area contributed by atoms with Gasteiger partial charge < -0.3 is 64.2 Å². The molecule has 0 amide bonds. The zero-order valence-electron chi connectivity index (χ0n) is 45.8. The Kier molecular flexibility index (Phi) is 42.5. The molecular weight excluding hydrogens is 945 g/mol. The van der Waals surface area contributed by atoms with Crippen LogP contribution in [-0.4, -0.2) is 142 Å². The summed E-state index contributed by atoms with van der Waals surface area (Å²) in [6.45, 7) is 3.51. The second-order valence-corrected chi connectivity index (χ2v) is 20.1. The van der Waals surface area contributed by atoms with Gasteiger partial charge in [0.25, 0.3) is 0 Å². The van der Waals surface area contributed by atoms with Gasteiger partial charge >= 0.3 is 5.97 Å². The summed E-state index contributed by atoms with van der Waals surface area (Å²) in [6.07, 6.45) is 42.4. The van der Waals surface area contributed by atoms with E-state index in [1.54, 1.807) is 0 Å². The van der Waals surface area contributed by atoms with E-state index in [2.05, 4.69) is 86.8 Å². The Morgan fingerprint density at radius 1 is 0.459 bits per heavy atom. The van der Waals surface area contributed by atoms with Gasteiger partial charge in [-0.05, 0) is 77.0 Å². The highest BCUT2D eigenvalue weighted by Crippen LogP contribution is 2.26. The predicted molar refractivity (Wildman–Crippen MR) is 293 cm³/mol. The first kappa shape index (κ1) is 67.5. The van der Waals surface area contributed by atoms with E-state index < -0.39 is 80.7 Å². The molecule has 2 fully saturated rings. The number of allylic oxidation sites excluding steroid dienone is 12. The van der Waals surface area contributed by atoms with Crippen LogP contribution in [0.4, 0.5) is 0 Å². The minimum atomic E-state index is -1.71. The van der Waals surface area contributed by atoms with Crippen molar-refractivity contribution in [2.24, 2.45) is 0 Å². The van der Waals surface area contributed by atoms with Gasteiger partial charge in [-0.15, -0.1) is 0 Å². The summed E-state index contributed by atoms with van der Waals surface area (Å²) in [4.78, 5) is 13.1. The molecule has 14 nitrogen and oxygen atoms in total. The third kappa shape index (κ3) is 32.9. The van der Waals surface area contributed by atoms with Crippen molar-refractivity contribution in [3.05, 3.63) is 72.9 Å². The molecule has 0 aromatic rings. The molecule has 11 unspecified atom stereocenters. The van der Waals surface area contributed by atoms with Gasteiger partial charge in [0.1, 0.15) is 54.9 Å². The topological polar surface area (TPSA) is 214 Å². The van der Waals surface area contributed by atoms with Crippen LogP contribution in [0.3, 0.4) is 0 Å². The minimum absolute atomic E-state index is 0.0511. The molecule has 2 heterocycles. The molecule has 0 aromatic carbocycles. The number of rotatable bonds is 46. The van der Waals surface area contributed by atoms with E-state index in [4.69, 9.17) is 28.4 Å². The largest absolute Gasteiger partial charge is 0.457 e. The van der Waals surface area contributed by atoms with Crippen molar-refractivity contribution in [2.75, 3.05) is 33.0 Å². The monoisotopic (exact) mass is 1050 g/mol. The maximum atomic E-state index is 13.1. The second-order valence-electron chi connectivity index (χ2n) is 20.1. The fraction of sp³-hybridized carbons (Fsp3) is 0.783. The van der Waals surface area contributed by atoms with E-state index >= 15 is 0 Å². The Labute approximate surface area is 447 Å². The van der Waals surface area contributed by atoms with Crippen molar-refractivity contribution in [1.29, 1.82) is 0 Å². The normalized spacial score (nSPS) is 25.3. The van der Waals surface area contributed by atoms with Gasteiger partial charge in [0.15, 0.2) is 12.6 Å². The minimum Gasteiger partial charge on any atom is -0.457 e. The van der Waals surface area contributed by atoms with Gasteiger partial charge in [0.2, 0.25) is 0 Å². The first-order valence-electron chi connectivity index (χ1n) is 29.0. The Morgan fingerprint density at radius 3 is 1.38 bits per heavy atom.